The summed E-state index contributed by atoms with van der Waals surface area (Å²) in [4.78, 5) is 1.25. The van der Waals surface area contributed by atoms with Crippen LogP contribution in [-0.4, -0.2) is 0 Å². The quantitative estimate of drug-likeness (QED) is 0.629. The Balaban J connectivity index is 2.74. The Morgan fingerprint density at radius 2 is 2.25 bits per heavy atom. The van der Waals surface area contributed by atoms with E-state index in [-0.39, 0.29) is 5.82 Å². The largest absolute Gasteiger partial charge is 0.205 e. The van der Waals surface area contributed by atoms with E-state index in [9.17, 15) is 4.39 Å². The van der Waals surface area contributed by atoms with Crippen molar-refractivity contribution in [2.45, 2.75) is 13.3 Å². The monoisotopic (exact) mass is 180 g/mol. The zero-order valence-corrected chi connectivity index (χ0v) is 7.62. The molecular weight excluding hydrogens is 171 g/mol. The lowest BCUT2D eigenvalue weighted by Gasteiger charge is -1.88. The van der Waals surface area contributed by atoms with Gasteiger partial charge in [0.2, 0.25) is 0 Å². The molecule has 0 saturated carbocycles. The number of aryl methyl sites for hydroxylation is 1. The molecule has 62 valence electrons. The molecule has 2 heteroatoms. The van der Waals surface area contributed by atoms with Gasteiger partial charge >= 0.3 is 0 Å². The van der Waals surface area contributed by atoms with E-state index in [0.29, 0.717) is 0 Å². The number of hydrogen-bond donors (Lipinski definition) is 0. The molecule has 0 aliphatic carbocycles. The van der Waals surface area contributed by atoms with E-state index in [1.54, 1.807) is 17.4 Å². The molecule has 0 radical (unpaired) electrons. The second-order valence-electron chi connectivity index (χ2n) is 2.72. The van der Waals surface area contributed by atoms with Crippen molar-refractivity contribution in [3.05, 3.63) is 35.0 Å². The van der Waals surface area contributed by atoms with Crippen LogP contribution in [-0.2, 0) is 6.42 Å². The summed E-state index contributed by atoms with van der Waals surface area (Å²) < 4.78 is 13.9. The first-order valence-corrected chi connectivity index (χ1v) is 4.80. The molecule has 0 atom stereocenters. The highest BCUT2D eigenvalue weighted by molar-refractivity contribution is 7.19. The van der Waals surface area contributed by atoms with E-state index in [1.165, 1.54) is 10.9 Å². The molecule has 0 bridgehead atoms. The Kier molecular flexibility index (Phi) is 1.85. The van der Waals surface area contributed by atoms with Gasteiger partial charge in [0, 0.05) is 4.88 Å². The van der Waals surface area contributed by atoms with Gasteiger partial charge in [0.15, 0.2) is 0 Å². The summed E-state index contributed by atoms with van der Waals surface area (Å²) >= 11 is 1.55. The highest BCUT2D eigenvalue weighted by Gasteiger charge is 2.03. The normalized spacial score (nSPS) is 10.8. The van der Waals surface area contributed by atoms with Crippen molar-refractivity contribution in [2.24, 2.45) is 0 Å². The Morgan fingerprint density at radius 1 is 1.42 bits per heavy atom. The highest BCUT2D eigenvalue weighted by atomic mass is 32.1. The molecule has 0 fully saturated rings. The maximum absolute atomic E-state index is 13.1. The van der Waals surface area contributed by atoms with Gasteiger partial charge in [-0.25, -0.2) is 4.39 Å². The van der Waals surface area contributed by atoms with Crippen LogP contribution in [0.5, 0.6) is 0 Å². The first-order chi connectivity index (χ1) is 5.81. The van der Waals surface area contributed by atoms with Crippen molar-refractivity contribution in [3.8, 4) is 0 Å². The summed E-state index contributed by atoms with van der Waals surface area (Å²) in [5.41, 5.74) is 0. The molecule has 0 aliphatic rings. The third-order valence-electron chi connectivity index (χ3n) is 1.90. The van der Waals surface area contributed by atoms with Gasteiger partial charge in [-0.2, -0.15) is 0 Å². The van der Waals surface area contributed by atoms with Crippen molar-refractivity contribution in [1.29, 1.82) is 0 Å². The molecule has 2 rings (SSSR count). The Labute approximate surface area is 74.6 Å². The van der Waals surface area contributed by atoms with Gasteiger partial charge in [-0.15, -0.1) is 11.3 Å². The van der Waals surface area contributed by atoms with Crippen molar-refractivity contribution in [1.82, 2.24) is 0 Å². The average molecular weight is 180 g/mol. The van der Waals surface area contributed by atoms with Crippen LogP contribution in [0.3, 0.4) is 0 Å². The van der Waals surface area contributed by atoms with Crippen LogP contribution in [0.2, 0.25) is 0 Å². The van der Waals surface area contributed by atoms with Crippen molar-refractivity contribution in [2.75, 3.05) is 0 Å². The summed E-state index contributed by atoms with van der Waals surface area (Å²) in [5, 5.41) is 1.02. The second-order valence-corrected chi connectivity index (χ2v) is 3.86. The molecule has 0 unspecified atom stereocenters. The van der Waals surface area contributed by atoms with Gasteiger partial charge in [0.1, 0.15) is 5.82 Å². The molecule has 0 N–H and O–H groups in total. The summed E-state index contributed by atoms with van der Waals surface area (Å²) in [6.45, 7) is 2.09. The third-order valence-corrected chi connectivity index (χ3v) is 3.20. The molecule has 1 aromatic heterocycles. The van der Waals surface area contributed by atoms with E-state index < -0.39 is 0 Å². The molecule has 1 aromatic carbocycles. The van der Waals surface area contributed by atoms with Crippen molar-refractivity contribution >= 4 is 21.4 Å². The fourth-order valence-corrected chi connectivity index (χ4v) is 2.26. The summed E-state index contributed by atoms with van der Waals surface area (Å²) in [7, 11) is 0. The van der Waals surface area contributed by atoms with E-state index in [1.807, 2.05) is 6.07 Å². The van der Waals surface area contributed by atoms with Crippen LogP contribution in [0.15, 0.2) is 24.3 Å². The van der Waals surface area contributed by atoms with Crippen molar-refractivity contribution in [3.63, 3.8) is 0 Å². The molecule has 0 spiro atoms. The lowest BCUT2D eigenvalue weighted by atomic mass is 10.2. The molecule has 2 aromatic rings. The number of rotatable bonds is 1. The van der Waals surface area contributed by atoms with Crippen molar-refractivity contribution < 1.29 is 4.39 Å². The van der Waals surface area contributed by atoms with Crippen LogP contribution < -0.4 is 0 Å². The van der Waals surface area contributed by atoms with E-state index in [4.69, 9.17) is 0 Å². The Hall–Kier alpha value is -0.890. The van der Waals surface area contributed by atoms with Crippen LogP contribution in [0.25, 0.3) is 10.1 Å². The zero-order valence-electron chi connectivity index (χ0n) is 6.80. The second kappa shape index (κ2) is 2.87. The zero-order chi connectivity index (χ0) is 8.55. The van der Waals surface area contributed by atoms with Gasteiger partial charge in [-0.3, -0.25) is 0 Å². The molecular formula is C10H9FS. The minimum absolute atomic E-state index is 0.0998. The molecule has 0 amide bonds. The summed E-state index contributed by atoms with van der Waals surface area (Å²) in [6.07, 6.45) is 0.985. The summed E-state index contributed by atoms with van der Waals surface area (Å²) in [6, 6.07) is 7.28. The maximum atomic E-state index is 13.1. The summed E-state index contributed by atoms with van der Waals surface area (Å²) in [5.74, 6) is -0.0998. The van der Waals surface area contributed by atoms with Gasteiger partial charge in [-0.1, -0.05) is 19.1 Å². The molecule has 12 heavy (non-hydrogen) atoms. The maximum Gasteiger partial charge on any atom is 0.140 e. The number of fused-ring (bicyclic) bond motifs is 1. The minimum Gasteiger partial charge on any atom is -0.205 e. The van der Waals surface area contributed by atoms with Gasteiger partial charge in [0.25, 0.3) is 0 Å². The molecule has 0 saturated heterocycles. The number of hydrogen-bond acceptors (Lipinski definition) is 1. The Bertz CT molecular complexity index is 403. The lowest BCUT2D eigenvalue weighted by Crippen LogP contribution is -1.69. The third kappa shape index (κ3) is 1.12. The number of thiophene rings is 1. The Morgan fingerprint density at radius 3 is 2.92 bits per heavy atom. The predicted octanol–water partition coefficient (Wildman–Crippen LogP) is 3.60. The van der Waals surface area contributed by atoms with Gasteiger partial charge in [-0.05, 0) is 23.9 Å². The van der Waals surface area contributed by atoms with E-state index >= 15 is 0 Å². The fraction of sp³-hybridized carbons (Fsp3) is 0.200. The average Bonchev–Trinajstić information content (AvgIpc) is 2.49. The number of halogens is 1. The molecule has 0 nitrogen and oxygen atoms in total. The van der Waals surface area contributed by atoms with E-state index in [0.717, 1.165) is 16.5 Å². The number of benzene rings is 1. The van der Waals surface area contributed by atoms with E-state index in [2.05, 4.69) is 13.0 Å². The SMILES string of the molecule is CCc1cc2cccc(F)c2s1. The molecule has 0 aliphatic heterocycles. The van der Waals surface area contributed by atoms with Crippen LogP contribution in [0, 0.1) is 5.82 Å². The minimum atomic E-state index is -0.0998. The van der Waals surface area contributed by atoms with Crippen LogP contribution in [0.4, 0.5) is 4.39 Å². The first-order valence-electron chi connectivity index (χ1n) is 3.98. The molecule has 1 heterocycles. The fourth-order valence-electron chi connectivity index (χ4n) is 1.26. The highest BCUT2D eigenvalue weighted by Crippen LogP contribution is 2.27. The van der Waals surface area contributed by atoms with Crippen LogP contribution in [0.1, 0.15) is 11.8 Å². The van der Waals surface area contributed by atoms with Gasteiger partial charge < -0.3 is 0 Å². The van der Waals surface area contributed by atoms with Gasteiger partial charge in [0.05, 0.1) is 4.70 Å². The lowest BCUT2D eigenvalue weighted by molar-refractivity contribution is 0.642. The topological polar surface area (TPSA) is 0 Å². The first kappa shape index (κ1) is 7.74. The standard InChI is InChI=1S/C10H9FS/c1-2-8-6-7-4-3-5-9(11)10(7)12-8/h3-6H,2H2,1H3. The van der Waals surface area contributed by atoms with Crippen LogP contribution >= 0.6 is 11.3 Å². The smallest absolute Gasteiger partial charge is 0.140 e. The predicted molar refractivity (Wildman–Crippen MR) is 51.2 cm³/mol.